The van der Waals surface area contributed by atoms with Crippen LogP contribution in [0.4, 0.5) is 0 Å². The van der Waals surface area contributed by atoms with Gasteiger partial charge in [0.2, 0.25) is 5.91 Å². The number of H-pyrrole nitrogens is 1. The maximum atomic E-state index is 12.9. The Kier molecular flexibility index (Phi) is 5.02. The molecule has 1 aromatic heterocycles. The average Bonchev–Trinajstić information content (AvgIpc) is 3.21. The summed E-state index contributed by atoms with van der Waals surface area (Å²) in [5.41, 5.74) is -0.406. The lowest BCUT2D eigenvalue weighted by Crippen LogP contribution is -2.46. The second-order valence-corrected chi connectivity index (χ2v) is 7.13. The van der Waals surface area contributed by atoms with Gasteiger partial charge in [-0.15, -0.1) is 0 Å². The number of amides is 1. The number of nitrogens with zero attached hydrogens (tertiary/aromatic N) is 2. The van der Waals surface area contributed by atoms with Crippen molar-refractivity contribution >= 4 is 23.5 Å². The van der Waals surface area contributed by atoms with Gasteiger partial charge < -0.3 is 15.4 Å². The summed E-state index contributed by atoms with van der Waals surface area (Å²) in [6, 6.07) is 6.80. The predicted octanol–water partition coefficient (Wildman–Crippen LogP) is 2.22. The largest absolute Gasteiger partial charge is 0.480 e. The van der Waals surface area contributed by atoms with Gasteiger partial charge in [0.25, 0.3) is 0 Å². The highest BCUT2D eigenvalue weighted by molar-refractivity contribution is 6.31. The van der Waals surface area contributed by atoms with Crippen LogP contribution in [0.25, 0.3) is 0 Å². The minimum Gasteiger partial charge on any atom is -0.480 e. The molecule has 8 heteroatoms. The lowest BCUT2D eigenvalue weighted by molar-refractivity contribution is -0.148. The van der Waals surface area contributed by atoms with E-state index in [9.17, 15) is 14.7 Å². The first-order valence-electron chi connectivity index (χ1n) is 8.31. The average molecular weight is 377 g/mol. The third-order valence-electron chi connectivity index (χ3n) is 5.20. The van der Waals surface area contributed by atoms with Gasteiger partial charge in [-0.3, -0.25) is 14.5 Å². The lowest BCUT2D eigenvalue weighted by Gasteiger charge is -2.32. The van der Waals surface area contributed by atoms with Crippen LogP contribution in [0.2, 0.25) is 5.02 Å². The molecule has 3 atom stereocenters. The van der Waals surface area contributed by atoms with Crippen molar-refractivity contribution in [2.24, 2.45) is 5.92 Å². The van der Waals surface area contributed by atoms with E-state index >= 15 is 0 Å². The van der Waals surface area contributed by atoms with E-state index in [1.807, 2.05) is 18.2 Å². The maximum Gasteiger partial charge on any atom is 0.323 e. The van der Waals surface area contributed by atoms with Gasteiger partial charge in [0, 0.05) is 23.5 Å². The van der Waals surface area contributed by atoms with Gasteiger partial charge in [0.05, 0.1) is 12.5 Å². The number of imidazole rings is 1. The number of carboxylic acids is 1. The normalized spacial score (nSPS) is 26.0. The number of hydrogen-bond acceptors (Lipinski definition) is 4. The Morgan fingerprint density at radius 3 is 2.81 bits per heavy atom. The standard InChI is InChI=1S/C18H21ClN4O3/c1-18(17(25)26)9-12(16(24)22-10-14-20-7-8-21-14)15(23(18)2)11-5-3-4-6-13(11)19/h3-8,12,15H,9-10H2,1-2H3,(H,20,21)(H,22,24)(H,25,26)/t12-,15-,18-/m0/s1. The summed E-state index contributed by atoms with van der Waals surface area (Å²) in [6.45, 7) is 1.89. The fourth-order valence-corrected chi connectivity index (χ4v) is 3.82. The van der Waals surface area contributed by atoms with Gasteiger partial charge >= 0.3 is 5.97 Å². The molecular formula is C18H21ClN4O3. The number of halogens is 1. The minimum absolute atomic E-state index is 0.193. The smallest absolute Gasteiger partial charge is 0.323 e. The van der Waals surface area contributed by atoms with Crippen molar-refractivity contribution in [3.05, 3.63) is 53.1 Å². The second-order valence-electron chi connectivity index (χ2n) is 6.72. The van der Waals surface area contributed by atoms with Crippen molar-refractivity contribution in [2.75, 3.05) is 7.05 Å². The van der Waals surface area contributed by atoms with E-state index in [2.05, 4.69) is 15.3 Å². The summed E-state index contributed by atoms with van der Waals surface area (Å²) in [5.74, 6) is -1.09. The van der Waals surface area contributed by atoms with E-state index in [4.69, 9.17) is 11.6 Å². The Morgan fingerprint density at radius 2 is 2.19 bits per heavy atom. The van der Waals surface area contributed by atoms with Crippen LogP contribution < -0.4 is 5.32 Å². The molecule has 1 aromatic carbocycles. The number of aromatic amines is 1. The van der Waals surface area contributed by atoms with Crippen LogP contribution in [0, 0.1) is 5.92 Å². The van der Waals surface area contributed by atoms with Crippen molar-refractivity contribution in [3.8, 4) is 0 Å². The van der Waals surface area contributed by atoms with E-state index in [0.717, 1.165) is 5.56 Å². The first kappa shape index (κ1) is 18.4. The van der Waals surface area contributed by atoms with Gasteiger partial charge in [-0.2, -0.15) is 0 Å². The molecule has 3 rings (SSSR count). The summed E-state index contributed by atoms with van der Waals surface area (Å²) in [5, 5.41) is 13.1. The van der Waals surface area contributed by atoms with Crippen LogP contribution in [0.5, 0.6) is 0 Å². The fraction of sp³-hybridized carbons (Fsp3) is 0.389. The molecule has 1 fully saturated rings. The lowest BCUT2D eigenvalue weighted by atomic mass is 9.89. The summed E-state index contributed by atoms with van der Waals surface area (Å²) in [6.07, 6.45) is 3.48. The number of aromatic nitrogens is 2. The number of likely N-dealkylation sites (tertiary alicyclic amines) is 1. The fourth-order valence-electron chi connectivity index (χ4n) is 3.57. The molecule has 1 aliphatic rings. The Labute approximate surface area is 156 Å². The van der Waals surface area contributed by atoms with Crippen LogP contribution in [0.3, 0.4) is 0 Å². The highest BCUT2D eigenvalue weighted by Gasteiger charge is 2.54. The summed E-state index contributed by atoms with van der Waals surface area (Å²) >= 11 is 6.35. The number of likely N-dealkylation sites (N-methyl/N-ethyl adjacent to an activating group) is 1. The molecule has 2 heterocycles. The molecular weight excluding hydrogens is 356 g/mol. The molecule has 1 saturated heterocycles. The molecule has 3 N–H and O–H groups in total. The quantitative estimate of drug-likeness (QED) is 0.743. The van der Waals surface area contributed by atoms with Crippen molar-refractivity contribution in [3.63, 3.8) is 0 Å². The van der Waals surface area contributed by atoms with E-state index in [1.165, 1.54) is 0 Å². The summed E-state index contributed by atoms with van der Waals surface area (Å²) in [4.78, 5) is 33.5. The molecule has 0 aliphatic carbocycles. The first-order valence-corrected chi connectivity index (χ1v) is 8.69. The molecule has 138 valence electrons. The number of nitrogens with one attached hydrogen (secondary N) is 2. The highest BCUT2D eigenvalue weighted by atomic mass is 35.5. The zero-order valence-corrected chi connectivity index (χ0v) is 15.3. The van der Waals surface area contributed by atoms with Gasteiger partial charge in [-0.25, -0.2) is 4.98 Å². The van der Waals surface area contributed by atoms with Crippen molar-refractivity contribution in [1.82, 2.24) is 20.2 Å². The number of carbonyl (C=O) groups is 2. The van der Waals surface area contributed by atoms with Crippen molar-refractivity contribution in [2.45, 2.75) is 31.5 Å². The Hall–Kier alpha value is -2.38. The van der Waals surface area contributed by atoms with E-state index in [0.29, 0.717) is 10.8 Å². The van der Waals surface area contributed by atoms with Crippen LogP contribution in [-0.2, 0) is 16.1 Å². The SMILES string of the molecule is CN1[C@@H](c2ccccc2Cl)[C@@H](C(=O)NCc2ncc[nH]2)C[C@@]1(C)C(=O)O. The third kappa shape index (κ3) is 3.20. The number of carboxylic acid groups (broad SMARTS) is 1. The van der Waals surface area contributed by atoms with Gasteiger partial charge in [-0.05, 0) is 32.0 Å². The monoisotopic (exact) mass is 376 g/mol. The number of rotatable bonds is 5. The Morgan fingerprint density at radius 1 is 1.46 bits per heavy atom. The van der Waals surface area contributed by atoms with E-state index < -0.39 is 23.5 Å². The molecule has 0 unspecified atom stereocenters. The minimum atomic E-state index is -1.16. The number of hydrogen-bond donors (Lipinski definition) is 3. The molecule has 0 radical (unpaired) electrons. The van der Waals surface area contributed by atoms with Gasteiger partial charge in [0.15, 0.2) is 0 Å². The molecule has 2 aromatic rings. The maximum absolute atomic E-state index is 12.9. The van der Waals surface area contributed by atoms with Gasteiger partial charge in [-0.1, -0.05) is 29.8 Å². The molecule has 0 saturated carbocycles. The van der Waals surface area contributed by atoms with Crippen LogP contribution >= 0.6 is 11.6 Å². The third-order valence-corrected chi connectivity index (χ3v) is 5.54. The summed E-state index contributed by atoms with van der Waals surface area (Å²) in [7, 11) is 1.72. The first-order chi connectivity index (χ1) is 12.3. The van der Waals surface area contributed by atoms with Crippen molar-refractivity contribution < 1.29 is 14.7 Å². The predicted molar refractivity (Wildman–Crippen MR) is 96.5 cm³/mol. The molecule has 1 aliphatic heterocycles. The van der Waals surface area contributed by atoms with E-state index in [-0.39, 0.29) is 18.9 Å². The van der Waals surface area contributed by atoms with Crippen molar-refractivity contribution in [1.29, 1.82) is 0 Å². The molecule has 0 bridgehead atoms. The molecule has 26 heavy (non-hydrogen) atoms. The number of aliphatic carboxylic acids is 1. The molecule has 1 amide bonds. The van der Waals surface area contributed by atoms with Gasteiger partial charge in [0.1, 0.15) is 11.4 Å². The highest BCUT2D eigenvalue weighted by Crippen LogP contribution is 2.47. The zero-order chi connectivity index (χ0) is 18.9. The molecule has 0 spiro atoms. The zero-order valence-electron chi connectivity index (χ0n) is 14.6. The molecule has 7 nitrogen and oxygen atoms in total. The van der Waals surface area contributed by atoms with Crippen LogP contribution in [0.1, 0.15) is 30.8 Å². The second kappa shape index (κ2) is 7.09. The summed E-state index contributed by atoms with van der Waals surface area (Å²) < 4.78 is 0. The topological polar surface area (TPSA) is 98.3 Å². The van der Waals surface area contributed by atoms with Crippen LogP contribution in [0.15, 0.2) is 36.7 Å². The van der Waals surface area contributed by atoms with E-state index in [1.54, 1.807) is 37.3 Å². The Balaban J connectivity index is 1.90. The number of benzene rings is 1. The Bertz CT molecular complexity index is 811. The number of carbonyl (C=O) groups excluding carboxylic acids is 1. The van der Waals surface area contributed by atoms with Crippen LogP contribution in [-0.4, -0.2) is 44.4 Å².